The first-order valence-corrected chi connectivity index (χ1v) is 4.94. The van der Waals surface area contributed by atoms with Gasteiger partial charge in [-0.3, -0.25) is 4.79 Å². The molecule has 1 saturated carbocycles. The standard InChI is InChI=1S/C10H16N2O/c1-8(7-11)12-10(13)9-5-3-2-4-6-9/h8-9H,2-6H2,1H3,(H,12,13). The van der Waals surface area contributed by atoms with Gasteiger partial charge in [0.25, 0.3) is 0 Å². The van der Waals surface area contributed by atoms with Gasteiger partial charge in [-0.15, -0.1) is 0 Å². The molecule has 72 valence electrons. The molecule has 1 unspecified atom stereocenters. The van der Waals surface area contributed by atoms with E-state index in [0.29, 0.717) is 0 Å². The average Bonchev–Trinajstić information content (AvgIpc) is 2.19. The van der Waals surface area contributed by atoms with Crippen LogP contribution in [-0.2, 0) is 4.79 Å². The van der Waals surface area contributed by atoms with E-state index in [9.17, 15) is 4.79 Å². The zero-order valence-electron chi connectivity index (χ0n) is 8.05. The number of hydrogen-bond acceptors (Lipinski definition) is 2. The van der Waals surface area contributed by atoms with Gasteiger partial charge in [-0.1, -0.05) is 19.3 Å². The Balaban J connectivity index is 2.34. The lowest BCUT2D eigenvalue weighted by molar-refractivity contribution is -0.126. The molecule has 0 spiro atoms. The topological polar surface area (TPSA) is 52.9 Å². The van der Waals surface area contributed by atoms with Crippen LogP contribution in [0, 0.1) is 17.2 Å². The molecule has 3 nitrogen and oxygen atoms in total. The van der Waals surface area contributed by atoms with Gasteiger partial charge in [0.15, 0.2) is 0 Å². The number of nitriles is 1. The Bertz CT molecular complexity index is 213. The van der Waals surface area contributed by atoms with E-state index in [1.807, 2.05) is 6.07 Å². The van der Waals surface area contributed by atoms with Gasteiger partial charge in [-0.2, -0.15) is 5.26 Å². The number of rotatable bonds is 2. The molecule has 0 aliphatic heterocycles. The number of nitrogens with one attached hydrogen (secondary N) is 1. The highest BCUT2D eigenvalue weighted by Crippen LogP contribution is 2.23. The van der Waals surface area contributed by atoms with Crippen molar-refractivity contribution in [2.45, 2.75) is 45.1 Å². The monoisotopic (exact) mass is 180 g/mol. The van der Waals surface area contributed by atoms with Crippen molar-refractivity contribution in [3.8, 4) is 6.07 Å². The van der Waals surface area contributed by atoms with Crippen molar-refractivity contribution in [1.82, 2.24) is 5.32 Å². The van der Waals surface area contributed by atoms with E-state index in [1.165, 1.54) is 6.42 Å². The second-order valence-electron chi connectivity index (χ2n) is 3.69. The Morgan fingerprint density at radius 1 is 1.46 bits per heavy atom. The minimum Gasteiger partial charge on any atom is -0.340 e. The van der Waals surface area contributed by atoms with Gasteiger partial charge in [0.2, 0.25) is 5.91 Å². The van der Waals surface area contributed by atoms with E-state index in [2.05, 4.69) is 5.32 Å². The van der Waals surface area contributed by atoms with Gasteiger partial charge in [-0.05, 0) is 19.8 Å². The lowest BCUT2D eigenvalue weighted by Crippen LogP contribution is -2.37. The van der Waals surface area contributed by atoms with Crippen molar-refractivity contribution in [3.63, 3.8) is 0 Å². The molecule has 3 heteroatoms. The number of amides is 1. The molecule has 1 amide bonds. The molecule has 0 saturated heterocycles. The first-order valence-electron chi connectivity index (χ1n) is 4.94. The van der Waals surface area contributed by atoms with Gasteiger partial charge in [0.1, 0.15) is 6.04 Å². The van der Waals surface area contributed by atoms with Gasteiger partial charge in [-0.25, -0.2) is 0 Å². The molecular weight excluding hydrogens is 164 g/mol. The van der Waals surface area contributed by atoms with E-state index in [4.69, 9.17) is 5.26 Å². The van der Waals surface area contributed by atoms with E-state index in [1.54, 1.807) is 6.92 Å². The molecule has 0 aromatic rings. The lowest BCUT2D eigenvalue weighted by Gasteiger charge is -2.21. The molecule has 1 aliphatic rings. The second-order valence-corrected chi connectivity index (χ2v) is 3.69. The highest BCUT2D eigenvalue weighted by molar-refractivity contribution is 5.79. The summed E-state index contributed by atoms with van der Waals surface area (Å²) in [5, 5.41) is 11.2. The molecule has 0 heterocycles. The number of hydrogen-bond donors (Lipinski definition) is 1. The van der Waals surface area contributed by atoms with Crippen LogP contribution in [-0.4, -0.2) is 11.9 Å². The Hall–Kier alpha value is -1.04. The van der Waals surface area contributed by atoms with Crippen LogP contribution >= 0.6 is 0 Å². The SMILES string of the molecule is CC(C#N)NC(=O)C1CCCCC1. The van der Waals surface area contributed by atoms with Crippen molar-refractivity contribution in [2.24, 2.45) is 5.92 Å². The van der Waals surface area contributed by atoms with Crippen LogP contribution in [0.15, 0.2) is 0 Å². The Morgan fingerprint density at radius 2 is 2.08 bits per heavy atom. The molecule has 0 radical (unpaired) electrons. The van der Waals surface area contributed by atoms with E-state index < -0.39 is 0 Å². The minimum absolute atomic E-state index is 0.0637. The molecule has 1 N–H and O–H groups in total. The molecule has 1 aliphatic carbocycles. The van der Waals surface area contributed by atoms with Crippen LogP contribution in [0.25, 0.3) is 0 Å². The van der Waals surface area contributed by atoms with Gasteiger partial charge in [0, 0.05) is 5.92 Å². The van der Waals surface area contributed by atoms with E-state index in [-0.39, 0.29) is 17.9 Å². The van der Waals surface area contributed by atoms with Gasteiger partial charge in [0.05, 0.1) is 6.07 Å². The average molecular weight is 180 g/mol. The predicted octanol–water partition coefficient (Wildman–Crippen LogP) is 1.59. The Labute approximate surface area is 79.1 Å². The quantitative estimate of drug-likeness (QED) is 0.701. The smallest absolute Gasteiger partial charge is 0.224 e. The highest BCUT2D eigenvalue weighted by Gasteiger charge is 2.21. The summed E-state index contributed by atoms with van der Waals surface area (Å²) in [4.78, 5) is 11.5. The largest absolute Gasteiger partial charge is 0.340 e. The first-order chi connectivity index (χ1) is 6.24. The maximum absolute atomic E-state index is 11.5. The molecule has 0 aromatic heterocycles. The molecule has 1 atom stereocenters. The molecular formula is C10H16N2O. The van der Waals surface area contributed by atoms with Crippen LogP contribution in [0.2, 0.25) is 0 Å². The maximum atomic E-state index is 11.5. The maximum Gasteiger partial charge on any atom is 0.224 e. The summed E-state index contributed by atoms with van der Waals surface area (Å²) in [5.74, 6) is 0.221. The summed E-state index contributed by atoms with van der Waals surface area (Å²) >= 11 is 0. The van der Waals surface area contributed by atoms with E-state index >= 15 is 0 Å². The lowest BCUT2D eigenvalue weighted by atomic mass is 9.88. The summed E-state index contributed by atoms with van der Waals surface area (Å²) in [6.45, 7) is 1.71. The van der Waals surface area contributed by atoms with Crippen molar-refractivity contribution < 1.29 is 4.79 Å². The minimum atomic E-state index is -0.352. The number of carbonyl (C=O) groups is 1. The van der Waals surface area contributed by atoms with Gasteiger partial charge >= 0.3 is 0 Å². The number of carbonyl (C=O) groups excluding carboxylic acids is 1. The van der Waals surface area contributed by atoms with Crippen LogP contribution in [0.4, 0.5) is 0 Å². The summed E-state index contributed by atoms with van der Waals surface area (Å²) in [5.41, 5.74) is 0. The molecule has 1 fully saturated rings. The zero-order valence-corrected chi connectivity index (χ0v) is 8.05. The zero-order chi connectivity index (χ0) is 9.68. The second kappa shape index (κ2) is 4.86. The van der Waals surface area contributed by atoms with E-state index in [0.717, 1.165) is 25.7 Å². The van der Waals surface area contributed by atoms with Crippen LogP contribution in [0.3, 0.4) is 0 Å². The molecule has 0 bridgehead atoms. The normalized spacial score (nSPS) is 20.3. The first kappa shape index (κ1) is 10.0. The third-order valence-electron chi connectivity index (χ3n) is 2.53. The Kier molecular flexibility index (Phi) is 3.75. The third-order valence-corrected chi connectivity index (χ3v) is 2.53. The third kappa shape index (κ3) is 3.06. The summed E-state index contributed by atoms with van der Waals surface area (Å²) in [6, 6.07) is 1.65. The fourth-order valence-corrected chi connectivity index (χ4v) is 1.73. The Morgan fingerprint density at radius 3 is 2.62 bits per heavy atom. The summed E-state index contributed by atoms with van der Waals surface area (Å²) in [6.07, 6.45) is 5.53. The van der Waals surface area contributed by atoms with Crippen molar-refractivity contribution in [1.29, 1.82) is 5.26 Å². The van der Waals surface area contributed by atoms with Crippen LogP contribution in [0.5, 0.6) is 0 Å². The van der Waals surface area contributed by atoms with Crippen molar-refractivity contribution >= 4 is 5.91 Å². The van der Waals surface area contributed by atoms with Gasteiger partial charge < -0.3 is 5.32 Å². The number of nitrogens with zero attached hydrogens (tertiary/aromatic N) is 1. The summed E-state index contributed by atoms with van der Waals surface area (Å²) < 4.78 is 0. The summed E-state index contributed by atoms with van der Waals surface area (Å²) in [7, 11) is 0. The predicted molar refractivity (Wildman–Crippen MR) is 49.8 cm³/mol. The van der Waals surface area contributed by atoms with Crippen LogP contribution < -0.4 is 5.32 Å². The highest BCUT2D eigenvalue weighted by atomic mass is 16.1. The van der Waals surface area contributed by atoms with Crippen LogP contribution in [0.1, 0.15) is 39.0 Å². The molecule has 1 rings (SSSR count). The molecule has 13 heavy (non-hydrogen) atoms. The molecule has 0 aromatic carbocycles. The van der Waals surface area contributed by atoms with Crippen molar-refractivity contribution in [2.75, 3.05) is 0 Å². The van der Waals surface area contributed by atoms with Crippen molar-refractivity contribution in [3.05, 3.63) is 0 Å². The fourth-order valence-electron chi connectivity index (χ4n) is 1.73. The fraction of sp³-hybridized carbons (Fsp3) is 0.800.